The molecule has 148 valence electrons. The first-order valence-electron chi connectivity index (χ1n) is 9.79. The molecule has 0 saturated carbocycles. The van der Waals surface area contributed by atoms with Crippen molar-refractivity contribution in [1.29, 1.82) is 0 Å². The zero-order chi connectivity index (χ0) is 19.5. The topological polar surface area (TPSA) is 53.0 Å². The second-order valence-corrected chi connectivity index (χ2v) is 7.43. The highest BCUT2D eigenvalue weighted by Crippen LogP contribution is 2.30. The van der Waals surface area contributed by atoms with Gasteiger partial charge in [0.2, 0.25) is 0 Å². The van der Waals surface area contributed by atoms with Crippen LogP contribution in [0.15, 0.2) is 42.5 Å². The van der Waals surface area contributed by atoms with Gasteiger partial charge in [-0.2, -0.15) is 0 Å². The van der Waals surface area contributed by atoms with Crippen molar-refractivity contribution in [3.63, 3.8) is 0 Å². The molecule has 6 heteroatoms. The van der Waals surface area contributed by atoms with Crippen molar-refractivity contribution in [1.82, 2.24) is 4.90 Å². The van der Waals surface area contributed by atoms with Crippen LogP contribution in [-0.2, 0) is 6.42 Å². The van der Waals surface area contributed by atoms with Gasteiger partial charge in [-0.3, -0.25) is 9.69 Å². The summed E-state index contributed by atoms with van der Waals surface area (Å²) in [6.07, 6.45) is 0.660. The number of rotatable bonds is 6. The Morgan fingerprint density at radius 1 is 1.04 bits per heavy atom. The highest BCUT2D eigenvalue weighted by atomic mass is 19.1. The molecule has 1 heterocycles. The number of benzene rings is 2. The van der Waals surface area contributed by atoms with Gasteiger partial charge in [0.25, 0.3) is 0 Å². The summed E-state index contributed by atoms with van der Waals surface area (Å²) in [5.74, 6) is 0.655. The predicted octanol–water partition coefficient (Wildman–Crippen LogP) is 2.52. The van der Waals surface area contributed by atoms with Crippen LogP contribution in [0.1, 0.15) is 22.3 Å². The van der Waals surface area contributed by atoms with Crippen LogP contribution in [0.3, 0.4) is 0 Å². The number of aliphatic hydroxyl groups excluding tert-OH is 1. The van der Waals surface area contributed by atoms with Crippen LogP contribution in [0.2, 0.25) is 0 Å². The van der Waals surface area contributed by atoms with Gasteiger partial charge in [-0.1, -0.05) is 12.1 Å². The smallest absolute Gasteiger partial charge is 0.163 e. The number of anilines is 1. The number of hydrogen-bond acceptors (Lipinski definition) is 5. The molecule has 2 aliphatic rings. The molecule has 1 atom stereocenters. The number of Topliss-reactive ketones (excluding diaryl/α,β-unsaturated/α-hetero) is 1. The number of fused-ring (bicyclic) bond motifs is 1. The number of ether oxygens (including phenoxy) is 1. The van der Waals surface area contributed by atoms with Crippen molar-refractivity contribution < 1.29 is 19.0 Å². The van der Waals surface area contributed by atoms with Gasteiger partial charge < -0.3 is 14.7 Å². The van der Waals surface area contributed by atoms with E-state index in [0.717, 1.165) is 43.0 Å². The third-order valence-corrected chi connectivity index (χ3v) is 5.50. The minimum Gasteiger partial charge on any atom is -0.491 e. The van der Waals surface area contributed by atoms with E-state index in [2.05, 4.69) is 9.80 Å². The number of nitrogens with zero attached hydrogens (tertiary/aromatic N) is 2. The first-order chi connectivity index (χ1) is 13.6. The van der Waals surface area contributed by atoms with Crippen LogP contribution in [-0.4, -0.2) is 61.2 Å². The molecule has 0 aromatic heterocycles. The number of β-amino-alcohol motifs (C(OH)–C–C–N with tert-alkyl or cyclic N) is 1. The molecule has 1 aliphatic heterocycles. The lowest BCUT2D eigenvalue weighted by Crippen LogP contribution is -2.49. The number of aliphatic hydroxyl groups is 1. The molecule has 1 saturated heterocycles. The zero-order valence-corrected chi connectivity index (χ0v) is 15.8. The first-order valence-corrected chi connectivity index (χ1v) is 9.79. The normalized spacial score (nSPS) is 18.2. The number of piperazine rings is 1. The summed E-state index contributed by atoms with van der Waals surface area (Å²) in [6, 6.07) is 12.1. The lowest BCUT2D eigenvalue weighted by molar-refractivity contribution is 0.0660. The van der Waals surface area contributed by atoms with E-state index in [1.807, 2.05) is 18.2 Å². The summed E-state index contributed by atoms with van der Waals surface area (Å²) in [5, 5.41) is 10.4. The zero-order valence-electron chi connectivity index (χ0n) is 15.8. The van der Waals surface area contributed by atoms with Crippen LogP contribution in [0, 0.1) is 5.82 Å². The van der Waals surface area contributed by atoms with Crippen molar-refractivity contribution in [2.24, 2.45) is 0 Å². The summed E-state index contributed by atoms with van der Waals surface area (Å²) in [7, 11) is 0. The Hall–Kier alpha value is -2.44. The van der Waals surface area contributed by atoms with Crippen LogP contribution in [0.4, 0.5) is 10.1 Å². The van der Waals surface area contributed by atoms with Crippen LogP contribution >= 0.6 is 0 Å². The molecule has 5 nitrogen and oxygen atoms in total. The molecule has 0 radical (unpaired) electrons. The quantitative estimate of drug-likeness (QED) is 0.830. The summed E-state index contributed by atoms with van der Waals surface area (Å²) >= 11 is 0. The standard InChI is InChI=1S/C22H25FN2O3/c23-16-4-6-17(7-5-16)25-12-10-24(11-13-25)14-18(26)15-28-22-3-1-2-19-20(22)8-9-21(19)27/h1-7,18,26H,8-15H2. The van der Waals surface area contributed by atoms with E-state index in [9.17, 15) is 14.3 Å². The van der Waals surface area contributed by atoms with Gasteiger partial charge in [0.05, 0.1) is 0 Å². The van der Waals surface area contributed by atoms with Crippen LogP contribution in [0.25, 0.3) is 0 Å². The third-order valence-electron chi connectivity index (χ3n) is 5.50. The number of carbonyl (C=O) groups is 1. The molecular formula is C22H25FN2O3. The number of halogens is 1. The summed E-state index contributed by atoms with van der Waals surface area (Å²) in [4.78, 5) is 16.3. The van der Waals surface area contributed by atoms with Gasteiger partial charge in [-0.05, 0) is 36.8 Å². The largest absolute Gasteiger partial charge is 0.491 e. The lowest BCUT2D eigenvalue weighted by Gasteiger charge is -2.36. The minimum absolute atomic E-state index is 0.167. The SMILES string of the molecule is O=C1CCc2c(OCC(O)CN3CCN(c4ccc(F)cc4)CC3)cccc21. The molecular weight excluding hydrogens is 359 g/mol. The Balaban J connectivity index is 1.25. The number of ketones is 1. The number of carbonyl (C=O) groups excluding carboxylic acids is 1. The van der Waals surface area contributed by atoms with Gasteiger partial charge >= 0.3 is 0 Å². The second kappa shape index (κ2) is 8.29. The Kier molecular flexibility index (Phi) is 5.59. The van der Waals surface area contributed by atoms with Gasteiger partial charge in [-0.15, -0.1) is 0 Å². The van der Waals surface area contributed by atoms with Crippen molar-refractivity contribution in [2.45, 2.75) is 18.9 Å². The lowest BCUT2D eigenvalue weighted by atomic mass is 10.1. The van der Waals surface area contributed by atoms with E-state index in [1.54, 1.807) is 12.1 Å². The fourth-order valence-corrected chi connectivity index (χ4v) is 3.97. The van der Waals surface area contributed by atoms with E-state index in [1.165, 1.54) is 12.1 Å². The van der Waals surface area contributed by atoms with Crippen molar-refractivity contribution in [3.8, 4) is 5.75 Å². The van der Waals surface area contributed by atoms with Crippen molar-refractivity contribution in [2.75, 3.05) is 44.2 Å². The van der Waals surface area contributed by atoms with E-state index < -0.39 is 6.10 Å². The second-order valence-electron chi connectivity index (χ2n) is 7.43. The monoisotopic (exact) mass is 384 g/mol. The fraction of sp³-hybridized carbons (Fsp3) is 0.409. The Morgan fingerprint density at radius 2 is 1.79 bits per heavy atom. The maximum Gasteiger partial charge on any atom is 0.163 e. The molecule has 1 unspecified atom stereocenters. The highest BCUT2D eigenvalue weighted by molar-refractivity contribution is 6.01. The fourth-order valence-electron chi connectivity index (χ4n) is 3.97. The van der Waals surface area contributed by atoms with Gasteiger partial charge in [0.1, 0.15) is 24.3 Å². The summed E-state index contributed by atoms with van der Waals surface area (Å²) in [6.45, 7) is 4.11. The predicted molar refractivity (Wildman–Crippen MR) is 106 cm³/mol. The minimum atomic E-state index is -0.592. The highest BCUT2D eigenvalue weighted by Gasteiger charge is 2.24. The molecule has 0 bridgehead atoms. The van der Waals surface area contributed by atoms with Gasteiger partial charge in [-0.25, -0.2) is 4.39 Å². The van der Waals surface area contributed by atoms with Crippen molar-refractivity contribution in [3.05, 3.63) is 59.4 Å². The number of hydrogen-bond donors (Lipinski definition) is 1. The molecule has 0 amide bonds. The Labute approximate surface area is 164 Å². The molecule has 2 aromatic carbocycles. The van der Waals surface area contributed by atoms with E-state index >= 15 is 0 Å². The molecule has 1 N–H and O–H groups in total. The molecule has 2 aromatic rings. The first kappa shape index (κ1) is 18.9. The maximum atomic E-state index is 13.1. The molecule has 1 fully saturated rings. The van der Waals surface area contributed by atoms with E-state index in [4.69, 9.17) is 4.74 Å². The molecule has 1 aliphatic carbocycles. The molecule has 28 heavy (non-hydrogen) atoms. The summed E-state index contributed by atoms with van der Waals surface area (Å²) in [5.41, 5.74) is 2.74. The van der Waals surface area contributed by atoms with Crippen molar-refractivity contribution >= 4 is 11.5 Å². The van der Waals surface area contributed by atoms with Crippen LogP contribution in [0.5, 0.6) is 5.75 Å². The Bertz CT molecular complexity index is 832. The molecule has 0 spiro atoms. The van der Waals surface area contributed by atoms with Gasteiger partial charge in [0.15, 0.2) is 5.78 Å². The average Bonchev–Trinajstić information content (AvgIpc) is 3.09. The maximum absolute atomic E-state index is 13.1. The average molecular weight is 384 g/mol. The summed E-state index contributed by atoms with van der Waals surface area (Å²) < 4.78 is 18.9. The third kappa shape index (κ3) is 4.18. The molecule has 4 rings (SSSR count). The van der Waals surface area contributed by atoms with Gasteiger partial charge in [0, 0.05) is 56.0 Å². The Morgan fingerprint density at radius 3 is 2.54 bits per heavy atom. The van der Waals surface area contributed by atoms with Crippen LogP contribution < -0.4 is 9.64 Å². The van der Waals surface area contributed by atoms with E-state index in [0.29, 0.717) is 25.1 Å². The van der Waals surface area contributed by atoms with E-state index in [-0.39, 0.29) is 18.2 Å².